The zero-order valence-corrected chi connectivity index (χ0v) is 17.6. The van der Waals surface area contributed by atoms with Gasteiger partial charge in [0.15, 0.2) is 0 Å². The van der Waals surface area contributed by atoms with E-state index in [0.29, 0.717) is 11.4 Å². The van der Waals surface area contributed by atoms with E-state index in [4.69, 9.17) is 0 Å². The fourth-order valence-electron chi connectivity index (χ4n) is 3.61. The second-order valence-electron chi connectivity index (χ2n) is 7.65. The van der Waals surface area contributed by atoms with Crippen LogP contribution in [-0.2, 0) is 20.6 Å². The summed E-state index contributed by atoms with van der Waals surface area (Å²) in [6.45, 7) is 1.29. The van der Waals surface area contributed by atoms with Crippen molar-refractivity contribution in [2.24, 2.45) is 0 Å². The van der Waals surface area contributed by atoms with Gasteiger partial charge in [-0.3, -0.25) is 19.3 Å². The highest BCUT2D eigenvalue weighted by atomic mass is 19.4. The quantitative estimate of drug-likeness (QED) is 0.735. The van der Waals surface area contributed by atoms with Gasteiger partial charge in [-0.2, -0.15) is 13.2 Å². The Morgan fingerprint density at radius 3 is 2.50 bits per heavy atom. The number of benzene rings is 2. The molecule has 0 aliphatic carbocycles. The van der Waals surface area contributed by atoms with Crippen LogP contribution in [0.2, 0.25) is 0 Å². The molecular weight excluding hydrogens is 425 g/mol. The number of carbonyl (C=O) groups excluding carboxylic acids is 3. The van der Waals surface area contributed by atoms with Crippen molar-refractivity contribution >= 4 is 34.8 Å². The highest BCUT2D eigenvalue weighted by Crippen LogP contribution is 2.34. The van der Waals surface area contributed by atoms with Crippen molar-refractivity contribution in [3.63, 3.8) is 0 Å². The Hall–Kier alpha value is -3.40. The van der Waals surface area contributed by atoms with Gasteiger partial charge in [0, 0.05) is 12.5 Å². The number of halogens is 3. The lowest BCUT2D eigenvalue weighted by atomic mass is 10.1. The Morgan fingerprint density at radius 1 is 1.12 bits per heavy atom. The number of nitrogens with one attached hydrogen (secondary N) is 2. The van der Waals surface area contributed by atoms with Crippen LogP contribution in [0.25, 0.3) is 0 Å². The summed E-state index contributed by atoms with van der Waals surface area (Å²) in [5.41, 5.74) is -0.226. The predicted octanol–water partition coefficient (Wildman–Crippen LogP) is 3.34. The van der Waals surface area contributed by atoms with Crippen molar-refractivity contribution in [2.45, 2.75) is 25.6 Å². The van der Waals surface area contributed by atoms with E-state index in [0.717, 1.165) is 6.07 Å². The van der Waals surface area contributed by atoms with Crippen LogP contribution in [0, 0.1) is 0 Å². The van der Waals surface area contributed by atoms with Gasteiger partial charge in [0.2, 0.25) is 17.7 Å². The van der Waals surface area contributed by atoms with Gasteiger partial charge in [0.05, 0.1) is 35.7 Å². The maximum absolute atomic E-state index is 13.1. The lowest BCUT2D eigenvalue weighted by molar-refractivity contribution is -0.137. The number of alkyl halides is 3. The summed E-state index contributed by atoms with van der Waals surface area (Å²) in [6.07, 6.45) is -4.49. The largest absolute Gasteiger partial charge is 0.418 e. The Labute approximate surface area is 183 Å². The second-order valence-corrected chi connectivity index (χ2v) is 7.65. The SMILES string of the molecule is C[C@H]1CC(=O)Nc2ccccc2N1C(=O)CN(C)CC(=O)Nc1ccccc1C(F)(F)F. The predicted molar refractivity (Wildman–Crippen MR) is 114 cm³/mol. The maximum atomic E-state index is 13.1. The fourth-order valence-corrected chi connectivity index (χ4v) is 3.61. The Morgan fingerprint density at radius 2 is 1.78 bits per heavy atom. The molecule has 0 saturated carbocycles. The average molecular weight is 448 g/mol. The molecule has 170 valence electrons. The topological polar surface area (TPSA) is 81.8 Å². The monoisotopic (exact) mass is 448 g/mol. The third-order valence-corrected chi connectivity index (χ3v) is 4.95. The first-order chi connectivity index (χ1) is 15.1. The Balaban J connectivity index is 1.68. The lowest BCUT2D eigenvalue weighted by Crippen LogP contribution is -2.45. The smallest absolute Gasteiger partial charge is 0.324 e. The Kier molecular flexibility index (Phi) is 6.83. The molecule has 2 aromatic rings. The summed E-state index contributed by atoms with van der Waals surface area (Å²) in [5.74, 6) is -1.23. The highest BCUT2D eigenvalue weighted by Gasteiger charge is 2.34. The van der Waals surface area contributed by atoms with Crippen molar-refractivity contribution < 1.29 is 27.6 Å². The van der Waals surface area contributed by atoms with E-state index in [9.17, 15) is 27.6 Å². The molecule has 0 saturated heterocycles. The minimum absolute atomic E-state index is 0.110. The van der Waals surface area contributed by atoms with Gasteiger partial charge in [0.1, 0.15) is 0 Å². The number of para-hydroxylation sites is 3. The summed E-state index contributed by atoms with van der Waals surface area (Å²) >= 11 is 0. The summed E-state index contributed by atoms with van der Waals surface area (Å²) in [5, 5.41) is 5.03. The van der Waals surface area contributed by atoms with Gasteiger partial charge in [-0.15, -0.1) is 0 Å². The van der Waals surface area contributed by atoms with Gasteiger partial charge in [0.25, 0.3) is 0 Å². The van der Waals surface area contributed by atoms with Gasteiger partial charge in [-0.25, -0.2) is 0 Å². The third-order valence-electron chi connectivity index (χ3n) is 4.95. The highest BCUT2D eigenvalue weighted by molar-refractivity contribution is 6.05. The van der Waals surface area contributed by atoms with E-state index in [2.05, 4.69) is 10.6 Å². The summed E-state index contributed by atoms with van der Waals surface area (Å²) in [6, 6.07) is 11.2. The van der Waals surface area contributed by atoms with Gasteiger partial charge in [-0.1, -0.05) is 24.3 Å². The molecule has 2 N–H and O–H groups in total. The number of hydrogen-bond acceptors (Lipinski definition) is 4. The molecule has 1 aliphatic rings. The molecular formula is C22H23F3N4O3. The molecule has 2 aromatic carbocycles. The molecule has 0 unspecified atom stereocenters. The van der Waals surface area contributed by atoms with Gasteiger partial charge < -0.3 is 15.5 Å². The molecule has 1 atom stereocenters. The molecule has 0 bridgehead atoms. The number of rotatable bonds is 5. The number of likely N-dealkylation sites (N-methyl/N-ethyl adjacent to an activating group) is 1. The fraction of sp³-hybridized carbons (Fsp3) is 0.318. The van der Waals surface area contributed by atoms with Crippen molar-refractivity contribution in [1.29, 1.82) is 0 Å². The number of amides is 3. The first kappa shape index (κ1) is 23.3. The number of hydrogen-bond donors (Lipinski definition) is 2. The van der Waals surface area contributed by atoms with Crippen molar-refractivity contribution in [3.8, 4) is 0 Å². The molecule has 0 fully saturated rings. The van der Waals surface area contributed by atoms with Gasteiger partial charge in [-0.05, 0) is 38.2 Å². The average Bonchev–Trinajstić information content (AvgIpc) is 2.81. The normalized spacial score (nSPS) is 16.2. The minimum Gasteiger partial charge on any atom is -0.324 e. The zero-order valence-electron chi connectivity index (χ0n) is 17.6. The number of carbonyl (C=O) groups is 3. The molecule has 3 rings (SSSR count). The van der Waals surface area contributed by atoms with E-state index < -0.39 is 23.7 Å². The summed E-state index contributed by atoms with van der Waals surface area (Å²) in [7, 11) is 1.52. The summed E-state index contributed by atoms with van der Waals surface area (Å²) < 4.78 is 39.4. The number of fused-ring (bicyclic) bond motifs is 1. The third kappa shape index (κ3) is 5.44. The van der Waals surface area contributed by atoms with Crippen molar-refractivity contribution in [2.75, 3.05) is 35.7 Å². The number of nitrogens with zero attached hydrogens (tertiary/aromatic N) is 2. The molecule has 1 heterocycles. The van der Waals surface area contributed by atoms with Crippen molar-refractivity contribution in [3.05, 3.63) is 54.1 Å². The minimum atomic E-state index is -4.60. The van der Waals surface area contributed by atoms with Crippen LogP contribution in [0.4, 0.5) is 30.2 Å². The molecule has 7 nitrogen and oxygen atoms in total. The lowest BCUT2D eigenvalue weighted by Gasteiger charge is -2.29. The molecule has 1 aliphatic heterocycles. The molecule has 0 spiro atoms. The van der Waals surface area contributed by atoms with Crippen LogP contribution in [-0.4, -0.2) is 48.8 Å². The zero-order chi connectivity index (χ0) is 23.5. The van der Waals surface area contributed by atoms with Crippen LogP contribution >= 0.6 is 0 Å². The van der Waals surface area contributed by atoms with Crippen molar-refractivity contribution in [1.82, 2.24) is 4.90 Å². The van der Waals surface area contributed by atoms with Gasteiger partial charge >= 0.3 is 6.18 Å². The standard InChI is InChI=1S/C22H23F3N4O3/c1-14-11-19(30)27-17-9-5-6-10-18(17)29(14)21(32)13-28(2)12-20(31)26-16-8-4-3-7-15(16)22(23,24)25/h3-10,14H,11-13H2,1-2H3,(H,26,31)(H,27,30)/t14-/m0/s1. The summed E-state index contributed by atoms with van der Waals surface area (Å²) in [4.78, 5) is 40.3. The maximum Gasteiger partial charge on any atom is 0.418 e. The Bertz CT molecular complexity index is 1030. The number of anilines is 3. The van der Waals surface area contributed by atoms with Crippen LogP contribution in [0.15, 0.2) is 48.5 Å². The molecule has 0 radical (unpaired) electrons. The second kappa shape index (κ2) is 9.39. The molecule has 0 aromatic heterocycles. The first-order valence-electron chi connectivity index (χ1n) is 9.92. The van der Waals surface area contributed by atoms with Crippen LogP contribution in [0.5, 0.6) is 0 Å². The van der Waals surface area contributed by atoms with E-state index >= 15 is 0 Å². The van der Waals surface area contributed by atoms with Crippen LogP contribution in [0.1, 0.15) is 18.9 Å². The molecule has 3 amide bonds. The van der Waals surface area contributed by atoms with Crippen LogP contribution < -0.4 is 15.5 Å². The first-order valence-corrected chi connectivity index (χ1v) is 9.92. The molecule has 32 heavy (non-hydrogen) atoms. The van der Waals surface area contributed by atoms with E-state index in [-0.39, 0.29) is 37.0 Å². The molecule has 10 heteroatoms. The van der Waals surface area contributed by atoms with E-state index in [1.807, 2.05) is 0 Å². The van der Waals surface area contributed by atoms with E-state index in [1.165, 1.54) is 35.0 Å². The van der Waals surface area contributed by atoms with Crippen LogP contribution in [0.3, 0.4) is 0 Å². The van der Waals surface area contributed by atoms with E-state index in [1.54, 1.807) is 31.2 Å².